The summed E-state index contributed by atoms with van der Waals surface area (Å²) in [6.07, 6.45) is -3.86. The number of hydrogen-bond donors (Lipinski definition) is 0. The van der Waals surface area contributed by atoms with Gasteiger partial charge in [0, 0.05) is 0 Å². The Morgan fingerprint density at radius 2 is 1.42 bits per heavy atom. The molecule has 0 saturated carbocycles. The first kappa shape index (κ1) is 13.3. The summed E-state index contributed by atoms with van der Waals surface area (Å²) >= 11 is 0. The molecule has 3 rings (SSSR count). The molecule has 19 heavy (non-hydrogen) atoms. The van der Waals surface area contributed by atoms with Crippen LogP contribution in [0.1, 0.15) is 27.7 Å². The average molecular weight is 273 g/mol. The van der Waals surface area contributed by atoms with Crippen LogP contribution in [0.2, 0.25) is 0 Å². The smallest absolute Gasteiger partial charge is 0.190 e. The van der Waals surface area contributed by atoms with Crippen molar-refractivity contribution in [2.75, 3.05) is 0 Å². The molecule has 0 bridgehead atoms. The van der Waals surface area contributed by atoms with Crippen molar-refractivity contribution >= 4 is 5.97 Å². The van der Waals surface area contributed by atoms with Crippen molar-refractivity contribution in [3.05, 3.63) is 0 Å². The van der Waals surface area contributed by atoms with E-state index in [0.717, 1.165) is 0 Å². The number of carboxylic acid groups (broad SMARTS) is 1. The highest BCUT2D eigenvalue weighted by Gasteiger charge is 2.60. The minimum Gasteiger partial charge on any atom is -0.547 e. The van der Waals surface area contributed by atoms with E-state index in [9.17, 15) is 9.90 Å². The van der Waals surface area contributed by atoms with Gasteiger partial charge in [0.15, 0.2) is 17.9 Å². The number of ether oxygens (including phenoxy) is 5. The summed E-state index contributed by atoms with van der Waals surface area (Å²) in [5.74, 6) is -3.09. The fourth-order valence-electron chi connectivity index (χ4n) is 2.80. The summed E-state index contributed by atoms with van der Waals surface area (Å²) in [5, 5.41) is 11.2. The Hall–Kier alpha value is -0.730. The highest BCUT2D eigenvalue weighted by molar-refractivity contribution is 5.71. The zero-order valence-electron chi connectivity index (χ0n) is 11.2. The van der Waals surface area contributed by atoms with Crippen LogP contribution in [0.3, 0.4) is 0 Å². The number of hydrogen-bond acceptors (Lipinski definition) is 7. The minimum absolute atomic E-state index is 0.516. The number of carbonyl (C=O) groups excluding carboxylic acids is 1. The molecule has 0 spiro atoms. The standard InChI is InChI=1S/C12H18O7/c1-11(2)16-5-6(17-11)8-10(15-7(5)9(13)14)19-12(3,4)18-8/h5-8,10H,1-4H3,(H,13,14)/p-1/t5-,6+,7+,8+,10-/m0/s1. The van der Waals surface area contributed by atoms with Crippen molar-refractivity contribution in [1.29, 1.82) is 0 Å². The van der Waals surface area contributed by atoms with Crippen LogP contribution >= 0.6 is 0 Å². The van der Waals surface area contributed by atoms with Crippen LogP contribution in [0, 0.1) is 0 Å². The van der Waals surface area contributed by atoms with E-state index in [2.05, 4.69) is 0 Å². The van der Waals surface area contributed by atoms with Crippen LogP contribution < -0.4 is 5.11 Å². The molecule has 7 heteroatoms. The predicted molar refractivity (Wildman–Crippen MR) is 57.5 cm³/mol. The zero-order chi connectivity index (χ0) is 14.0. The molecule has 3 fully saturated rings. The van der Waals surface area contributed by atoms with Gasteiger partial charge in [-0.15, -0.1) is 0 Å². The zero-order valence-corrected chi connectivity index (χ0v) is 11.2. The SMILES string of the molecule is CC1(C)O[C@@H]2O[C@@H](C(=O)[O-])[C@H]3OC(C)(C)O[C@H]3[C@H]2O1. The van der Waals surface area contributed by atoms with Crippen molar-refractivity contribution in [3.63, 3.8) is 0 Å². The molecule has 7 nitrogen and oxygen atoms in total. The Kier molecular flexibility index (Phi) is 2.72. The van der Waals surface area contributed by atoms with Gasteiger partial charge in [-0.2, -0.15) is 0 Å². The Balaban J connectivity index is 1.91. The van der Waals surface area contributed by atoms with E-state index in [0.29, 0.717) is 0 Å². The fourth-order valence-corrected chi connectivity index (χ4v) is 2.80. The third-order valence-corrected chi connectivity index (χ3v) is 3.39. The van der Waals surface area contributed by atoms with Crippen LogP contribution in [0.5, 0.6) is 0 Å². The molecule has 0 N–H and O–H groups in total. The number of aliphatic carboxylic acids is 1. The largest absolute Gasteiger partial charge is 0.547 e. The second-order valence-electron chi connectivity index (χ2n) is 5.91. The molecule has 0 aromatic carbocycles. The topological polar surface area (TPSA) is 86.3 Å². The first-order chi connectivity index (χ1) is 8.69. The van der Waals surface area contributed by atoms with Gasteiger partial charge in [0.05, 0.1) is 5.97 Å². The third kappa shape index (κ3) is 2.15. The van der Waals surface area contributed by atoms with E-state index in [1.54, 1.807) is 27.7 Å². The highest BCUT2D eigenvalue weighted by Crippen LogP contribution is 2.43. The molecule has 3 heterocycles. The van der Waals surface area contributed by atoms with E-state index < -0.39 is 48.2 Å². The highest BCUT2D eigenvalue weighted by atomic mass is 16.9. The lowest BCUT2D eigenvalue weighted by Crippen LogP contribution is -2.60. The van der Waals surface area contributed by atoms with Crippen molar-refractivity contribution < 1.29 is 33.6 Å². The van der Waals surface area contributed by atoms with Crippen molar-refractivity contribution in [3.8, 4) is 0 Å². The van der Waals surface area contributed by atoms with Gasteiger partial charge in [0.25, 0.3) is 0 Å². The van der Waals surface area contributed by atoms with E-state index in [4.69, 9.17) is 23.7 Å². The fraction of sp³-hybridized carbons (Fsp3) is 0.917. The Morgan fingerprint density at radius 1 is 0.895 bits per heavy atom. The molecule has 108 valence electrons. The van der Waals surface area contributed by atoms with Gasteiger partial charge in [-0.25, -0.2) is 0 Å². The van der Waals surface area contributed by atoms with Crippen LogP contribution in [-0.4, -0.2) is 48.2 Å². The third-order valence-electron chi connectivity index (χ3n) is 3.39. The molecule has 0 unspecified atom stereocenters. The average Bonchev–Trinajstić information content (AvgIpc) is 2.70. The maximum Gasteiger partial charge on any atom is 0.190 e. The van der Waals surface area contributed by atoms with E-state index in [-0.39, 0.29) is 0 Å². The summed E-state index contributed by atoms with van der Waals surface area (Å²) in [4.78, 5) is 11.2. The maximum absolute atomic E-state index is 11.2. The first-order valence-corrected chi connectivity index (χ1v) is 6.26. The van der Waals surface area contributed by atoms with Gasteiger partial charge in [-0.1, -0.05) is 0 Å². The molecule has 3 saturated heterocycles. The molecular weight excluding hydrogens is 256 g/mol. The molecule has 0 amide bonds. The molecule has 0 radical (unpaired) electrons. The second-order valence-corrected chi connectivity index (χ2v) is 5.91. The van der Waals surface area contributed by atoms with Crippen molar-refractivity contribution in [1.82, 2.24) is 0 Å². The number of rotatable bonds is 1. The van der Waals surface area contributed by atoms with Crippen molar-refractivity contribution in [2.24, 2.45) is 0 Å². The lowest BCUT2D eigenvalue weighted by Gasteiger charge is -2.37. The minimum atomic E-state index is -1.34. The Morgan fingerprint density at radius 3 is 2.05 bits per heavy atom. The molecule has 3 aliphatic heterocycles. The maximum atomic E-state index is 11.2. The van der Waals surface area contributed by atoms with Gasteiger partial charge in [0.1, 0.15) is 24.4 Å². The molecule has 0 aliphatic carbocycles. The van der Waals surface area contributed by atoms with E-state index in [1.807, 2.05) is 0 Å². The van der Waals surface area contributed by atoms with Crippen LogP contribution in [-0.2, 0) is 28.5 Å². The number of carbonyl (C=O) groups is 1. The van der Waals surface area contributed by atoms with Crippen molar-refractivity contribution in [2.45, 2.75) is 70.0 Å². The number of fused-ring (bicyclic) bond motifs is 3. The number of carboxylic acids is 1. The van der Waals surface area contributed by atoms with Gasteiger partial charge in [-0.3, -0.25) is 0 Å². The molecular formula is C12H17O7-. The Bertz CT molecular complexity index is 405. The van der Waals surface area contributed by atoms with E-state index >= 15 is 0 Å². The molecule has 5 atom stereocenters. The van der Waals surface area contributed by atoms with Gasteiger partial charge in [0.2, 0.25) is 0 Å². The van der Waals surface area contributed by atoms with Gasteiger partial charge in [-0.05, 0) is 27.7 Å². The molecule has 0 aromatic heterocycles. The summed E-state index contributed by atoms with van der Waals surface area (Å²) < 4.78 is 28.0. The monoisotopic (exact) mass is 273 g/mol. The van der Waals surface area contributed by atoms with Crippen LogP contribution in [0.4, 0.5) is 0 Å². The quantitative estimate of drug-likeness (QED) is 0.614. The predicted octanol–water partition coefficient (Wildman–Crippen LogP) is -0.867. The second kappa shape index (κ2) is 3.89. The summed E-state index contributed by atoms with van der Waals surface area (Å²) in [6, 6.07) is 0. The molecule has 0 aromatic rings. The normalized spacial score (nSPS) is 46.6. The van der Waals surface area contributed by atoms with Crippen LogP contribution in [0.15, 0.2) is 0 Å². The van der Waals surface area contributed by atoms with Gasteiger partial charge >= 0.3 is 0 Å². The lowest BCUT2D eigenvalue weighted by atomic mass is 9.99. The lowest BCUT2D eigenvalue weighted by molar-refractivity contribution is -0.334. The summed E-state index contributed by atoms with van der Waals surface area (Å²) in [6.45, 7) is 6.90. The van der Waals surface area contributed by atoms with E-state index in [1.165, 1.54) is 0 Å². The van der Waals surface area contributed by atoms with Crippen LogP contribution in [0.25, 0.3) is 0 Å². The first-order valence-electron chi connectivity index (χ1n) is 6.26. The summed E-state index contributed by atoms with van der Waals surface area (Å²) in [5.41, 5.74) is 0. The summed E-state index contributed by atoms with van der Waals surface area (Å²) in [7, 11) is 0. The Labute approximate surface area is 110 Å². The molecule has 3 aliphatic rings. The van der Waals surface area contributed by atoms with Gasteiger partial charge < -0.3 is 33.6 Å².